The van der Waals surface area contributed by atoms with Crippen molar-refractivity contribution in [1.29, 1.82) is 0 Å². The number of hydrogen-bond donors (Lipinski definition) is 2. The third-order valence-corrected chi connectivity index (χ3v) is 4.02. The summed E-state index contributed by atoms with van der Waals surface area (Å²) in [6.07, 6.45) is 5.51. The molecule has 0 amide bonds. The lowest BCUT2D eigenvalue weighted by Gasteiger charge is -2.10. The molecule has 2 N–H and O–H groups in total. The van der Waals surface area contributed by atoms with Gasteiger partial charge in [0.1, 0.15) is 12.1 Å². The number of benzene rings is 1. The van der Waals surface area contributed by atoms with Gasteiger partial charge in [-0.15, -0.1) is 0 Å². The van der Waals surface area contributed by atoms with Gasteiger partial charge in [-0.05, 0) is 44.0 Å². The van der Waals surface area contributed by atoms with E-state index >= 15 is 0 Å². The molecule has 0 fully saturated rings. The Morgan fingerprint density at radius 3 is 2.68 bits per heavy atom. The van der Waals surface area contributed by atoms with Crippen molar-refractivity contribution in [3.05, 3.63) is 42.0 Å². The van der Waals surface area contributed by atoms with Gasteiger partial charge in [-0.25, -0.2) is 9.37 Å². The highest BCUT2D eigenvalue weighted by atomic mass is 19.1. The minimum absolute atomic E-state index is 0.275. The maximum Gasteiger partial charge on any atom is 0.226 e. The fourth-order valence-corrected chi connectivity index (χ4v) is 2.50. The third-order valence-electron chi connectivity index (χ3n) is 4.02. The Bertz CT molecular complexity index is 701. The lowest BCUT2D eigenvalue weighted by Crippen LogP contribution is -2.38. The summed E-state index contributed by atoms with van der Waals surface area (Å²) < 4.78 is 24.1. The van der Waals surface area contributed by atoms with Crippen molar-refractivity contribution in [2.24, 2.45) is 4.99 Å². The molecule has 1 aromatic carbocycles. The van der Waals surface area contributed by atoms with Gasteiger partial charge in [-0.2, -0.15) is 0 Å². The third kappa shape index (κ3) is 8.08. The van der Waals surface area contributed by atoms with Gasteiger partial charge in [0.15, 0.2) is 5.96 Å². The molecule has 0 spiro atoms. The zero-order valence-electron chi connectivity index (χ0n) is 16.8. The first-order chi connectivity index (χ1) is 13.7. The van der Waals surface area contributed by atoms with Crippen molar-refractivity contribution in [1.82, 2.24) is 15.6 Å². The Kier molecular flexibility index (Phi) is 10.1. The van der Waals surface area contributed by atoms with Crippen LogP contribution in [-0.4, -0.2) is 43.8 Å². The zero-order chi connectivity index (χ0) is 20.0. The van der Waals surface area contributed by atoms with Gasteiger partial charge in [0, 0.05) is 44.8 Å². The molecular formula is C21H31FN4O2. The summed E-state index contributed by atoms with van der Waals surface area (Å²) in [5.41, 5.74) is 1.60. The predicted octanol–water partition coefficient (Wildman–Crippen LogP) is 3.79. The van der Waals surface area contributed by atoms with Crippen molar-refractivity contribution in [2.75, 3.05) is 32.8 Å². The summed E-state index contributed by atoms with van der Waals surface area (Å²) >= 11 is 0. The molecular weight excluding hydrogens is 359 g/mol. The molecule has 0 aliphatic heterocycles. The number of hydrogen-bond acceptors (Lipinski definition) is 4. The van der Waals surface area contributed by atoms with Crippen LogP contribution in [0.4, 0.5) is 4.39 Å². The fourth-order valence-electron chi connectivity index (χ4n) is 2.50. The Morgan fingerprint density at radius 2 is 1.93 bits per heavy atom. The van der Waals surface area contributed by atoms with Crippen LogP contribution >= 0.6 is 0 Å². The molecule has 0 saturated heterocycles. The normalized spacial score (nSPS) is 11.6. The van der Waals surface area contributed by atoms with E-state index in [0.29, 0.717) is 18.9 Å². The van der Waals surface area contributed by atoms with Crippen molar-refractivity contribution in [3.63, 3.8) is 0 Å². The molecule has 1 heterocycles. The molecule has 0 saturated carbocycles. The van der Waals surface area contributed by atoms with Crippen LogP contribution in [0.15, 0.2) is 39.9 Å². The number of nitrogens with one attached hydrogen (secondary N) is 2. The first kappa shape index (κ1) is 21.9. The number of rotatable bonds is 12. The van der Waals surface area contributed by atoms with Crippen LogP contribution in [-0.2, 0) is 11.2 Å². The number of unbranched alkanes of at least 4 members (excludes halogenated alkanes) is 1. The molecule has 1 aromatic heterocycles. The van der Waals surface area contributed by atoms with Crippen molar-refractivity contribution < 1.29 is 13.5 Å². The molecule has 0 aliphatic rings. The highest BCUT2D eigenvalue weighted by Gasteiger charge is 2.07. The number of oxazole rings is 1. The first-order valence-corrected chi connectivity index (χ1v) is 10.0. The summed E-state index contributed by atoms with van der Waals surface area (Å²) in [5.74, 6) is 1.01. The van der Waals surface area contributed by atoms with E-state index in [2.05, 4.69) is 27.5 Å². The van der Waals surface area contributed by atoms with Crippen molar-refractivity contribution >= 4 is 5.96 Å². The molecule has 154 valence electrons. The maximum atomic E-state index is 13.0. The van der Waals surface area contributed by atoms with Crippen LogP contribution in [0.25, 0.3) is 11.5 Å². The topological polar surface area (TPSA) is 71.7 Å². The fraction of sp³-hybridized carbons (Fsp3) is 0.524. The standard InChI is InChI=1S/C21H31FN4O2/c1-3-5-14-27-15-6-12-24-21(23-4-2)25-13-11-19-16-28-20(26-19)17-7-9-18(22)10-8-17/h7-10,16H,3-6,11-15H2,1-2H3,(H2,23,24,25). The highest BCUT2D eigenvalue weighted by Crippen LogP contribution is 2.18. The Labute approximate surface area is 166 Å². The van der Waals surface area contributed by atoms with Crippen molar-refractivity contribution in [3.8, 4) is 11.5 Å². The lowest BCUT2D eigenvalue weighted by molar-refractivity contribution is 0.130. The minimum atomic E-state index is -0.275. The van der Waals surface area contributed by atoms with Crippen LogP contribution in [0.3, 0.4) is 0 Å². The quantitative estimate of drug-likeness (QED) is 0.328. The zero-order valence-corrected chi connectivity index (χ0v) is 16.8. The number of ether oxygens (including phenoxy) is 1. The largest absolute Gasteiger partial charge is 0.444 e. The molecule has 0 radical (unpaired) electrons. The van der Waals surface area contributed by atoms with Gasteiger partial charge in [-0.3, -0.25) is 4.99 Å². The summed E-state index contributed by atoms with van der Waals surface area (Å²) in [6, 6.07) is 6.11. The maximum absolute atomic E-state index is 13.0. The predicted molar refractivity (Wildman–Crippen MR) is 110 cm³/mol. The van der Waals surface area contributed by atoms with Crippen LogP contribution in [0.5, 0.6) is 0 Å². The second-order valence-corrected chi connectivity index (χ2v) is 6.41. The molecule has 0 bridgehead atoms. The molecule has 28 heavy (non-hydrogen) atoms. The van der Waals surface area contributed by atoms with Gasteiger partial charge in [0.25, 0.3) is 0 Å². The Hall–Kier alpha value is -2.41. The molecule has 7 heteroatoms. The van der Waals surface area contributed by atoms with Crippen LogP contribution in [0, 0.1) is 5.82 Å². The molecule has 6 nitrogen and oxygen atoms in total. The second-order valence-electron chi connectivity index (χ2n) is 6.41. The van der Waals surface area contributed by atoms with Gasteiger partial charge < -0.3 is 19.8 Å². The van der Waals surface area contributed by atoms with Crippen molar-refractivity contribution in [2.45, 2.75) is 39.5 Å². The van der Waals surface area contributed by atoms with E-state index in [4.69, 9.17) is 9.15 Å². The van der Waals surface area contributed by atoms with E-state index in [0.717, 1.165) is 62.8 Å². The van der Waals surface area contributed by atoms with Gasteiger partial charge in [-0.1, -0.05) is 13.3 Å². The summed E-state index contributed by atoms with van der Waals surface area (Å²) in [4.78, 5) is 9.02. The number of aromatic nitrogens is 1. The Morgan fingerprint density at radius 1 is 1.14 bits per heavy atom. The van der Waals surface area contributed by atoms with E-state index in [9.17, 15) is 4.39 Å². The van der Waals surface area contributed by atoms with Crippen LogP contribution in [0.1, 0.15) is 38.8 Å². The number of halogens is 1. The second kappa shape index (κ2) is 12.9. The summed E-state index contributed by atoms with van der Waals surface area (Å²) in [7, 11) is 0. The van der Waals surface area contributed by atoms with Gasteiger partial charge in [0.2, 0.25) is 5.89 Å². The molecule has 0 aliphatic carbocycles. The van der Waals surface area contributed by atoms with E-state index in [-0.39, 0.29) is 5.82 Å². The molecule has 0 atom stereocenters. The lowest BCUT2D eigenvalue weighted by atomic mass is 10.2. The van der Waals surface area contributed by atoms with Crippen LogP contribution < -0.4 is 10.6 Å². The smallest absolute Gasteiger partial charge is 0.226 e. The van der Waals surface area contributed by atoms with E-state index in [1.165, 1.54) is 12.1 Å². The monoisotopic (exact) mass is 390 g/mol. The average molecular weight is 391 g/mol. The van der Waals surface area contributed by atoms with Crippen LogP contribution in [0.2, 0.25) is 0 Å². The summed E-state index contributed by atoms with van der Waals surface area (Å²) in [5, 5.41) is 6.54. The Balaban J connectivity index is 1.73. The number of guanidine groups is 1. The average Bonchev–Trinajstić information content (AvgIpc) is 3.16. The highest BCUT2D eigenvalue weighted by molar-refractivity contribution is 5.79. The van der Waals surface area contributed by atoms with E-state index in [1.54, 1.807) is 18.4 Å². The first-order valence-electron chi connectivity index (χ1n) is 10.0. The van der Waals surface area contributed by atoms with E-state index in [1.807, 2.05) is 6.92 Å². The SMILES string of the molecule is CCCCOCCCN=C(NCC)NCCc1coc(-c2ccc(F)cc2)n1. The minimum Gasteiger partial charge on any atom is -0.444 e. The molecule has 2 aromatic rings. The molecule has 2 rings (SSSR count). The molecule has 0 unspecified atom stereocenters. The van der Waals surface area contributed by atoms with E-state index < -0.39 is 0 Å². The number of nitrogens with zero attached hydrogens (tertiary/aromatic N) is 2. The van der Waals surface area contributed by atoms with Gasteiger partial charge >= 0.3 is 0 Å². The summed E-state index contributed by atoms with van der Waals surface area (Å²) in [6.45, 7) is 7.98. The van der Waals surface area contributed by atoms with Gasteiger partial charge in [0.05, 0.1) is 5.69 Å². The number of aliphatic imine (C=N–C) groups is 1.